The molecule has 1 saturated carbocycles. The van der Waals surface area contributed by atoms with E-state index in [9.17, 15) is 4.79 Å². The topological polar surface area (TPSA) is 75.3 Å². The fourth-order valence-electron chi connectivity index (χ4n) is 3.51. The Morgan fingerprint density at radius 1 is 1.15 bits per heavy atom. The Balaban J connectivity index is 1.41. The zero-order valence-electron chi connectivity index (χ0n) is 14.8. The van der Waals surface area contributed by atoms with Crippen LogP contribution >= 0.6 is 0 Å². The van der Waals surface area contributed by atoms with E-state index in [0.717, 1.165) is 36.1 Å². The normalized spacial score (nSPS) is 23.4. The van der Waals surface area contributed by atoms with E-state index >= 15 is 0 Å². The van der Waals surface area contributed by atoms with Gasteiger partial charge in [-0.1, -0.05) is 12.1 Å². The number of carbonyl (C=O) groups excluding carboxylic acids is 1. The van der Waals surface area contributed by atoms with Gasteiger partial charge in [0.25, 0.3) is 0 Å². The molecule has 3 N–H and O–H groups in total. The van der Waals surface area contributed by atoms with E-state index in [4.69, 9.17) is 4.74 Å². The highest BCUT2D eigenvalue weighted by molar-refractivity contribution is 5.82. The highest BCUT2D eigenvalue weighted by Gasteiger charge is 2.36. The Hall–Kier alpha value is -2.44. The van der Waals surface area contributed by atoms with Crippen LogP contribution in [0.25, 0.3) is 0 Å². The van der Waals surface area contributed by atoms with E-state index in [-0.39, 0.29) is 24.0 Å². The minimum Gasteiger partial charge on any atom is -0.497 e. The molecule has 4 rings (SSSR count). The number of carbonyl (C=O) groups is 1. The number of methoxy groups -OCH3 is 1. The van der Waals surface area contributed by atoms with Crippen LogP contribution in [0.3, 0.4) is 0 Å². The van der Waals surface area contributed by atoms with Gasteiger partial charge in [-0.15, -0.1) is 0 Å². The van der Waals surface area contributed by atoms with Crippen LogP contribution in [0.5, 0.6) is 5.75 Å². The van der Waals surface area contributed by atoms with Crippen LogP contribution in [0.1, 0.15) is 42.5 Å². The molecule has 136 valence electrons. The first-order chi connectivity index (χ1) is 12.7. The average Bonchev–Trinajstić information content (AvgIpc) is 3.42. The molecule has 0 spiro atoms. The Morgan fingerprint density at radius 2 is 1.88 bits per heavy atom. The van der Waals surface area contributed by atoms with Crippen LogP contribution in [0.2, 0.25) is 0 Å². The van der Waals surface area contributed by atoms with Crippen molar-refractivity contribution in [1.29, 1.82) is 0 Å². The van der Waals surface area contributed by atoms with Gasteiger partial charge >= 0.3 is 0 Å². The average molecular weight is 352 g/mol. The summed E-state index contributed by atoms with van der Waals surface area (Å²) < 4.78 is 5.23. The summed E-state index contributed by atoms with van der Waals surface area (Å²) in [4.78, 5) is 16.9. The molecule has 1 aliphatic carbocycles. The number of rotatable bonds is 6. The molecule has 2 fully saturated rings. The maximum absolute atomic E-state index is 12.8. The third kappa shape index (κ3) is 3.71. The number of pyridine rings is 1. The number of ether oxygens (including phenoxy) is 1. The van der Waals surface area contributed by atoms with Crippen molar-refractivity contribution >= 4 is 5.91 Å². The SMILES string of the molecule is COc1ccc(C(NC(=O)C2CC(c3ccncc3)NN2)C2CC2)cc1. The lowest BCUT2D eigenvalue weighted by Crippen LogP contribution is -2.44. The van der Waals surface area contributed by atoms with Crippen LogP contribution in [0, 0.1) is 5.92 Å². The second kappa shape index (κ2) is 7.43. The largest absolute Gasteiger partial charge is 0.497 e. The van der Waals surface area contributed by atoms with Crippen LogP contribution in [0.4, 0.5) is 0 Å². The van der Waals surface area contributed by atoms with Gasteiger partial charge in [-0.3, -0.25) is 9.78 Å². The summed E-state index contributed by atoms with van der Waals surface area (Å²) >= 11 is 0. The van der Waals surface area contributed by atoms with E-state index in [1.807, 2.05) is 36.4 Å². The summed E-state index contributed by atoms with van der Waals surface area (Å²) in [7, 11) is 1.66. The van der Waals surface area contributed by atoms with E-state index in [2.05, 4.69) is 21.2 Å². The number of aromatic nitrogens is 1. The van der Waals surface area contributed by atoms with Gasteiger partial charge in [-0.05, 0) is 60.6 Å². The molecule has 6 heteroatoms. The number of benzene rings is 1. The van der Waals surface area contributed by atoms with Crippen LogP contribution in [-0.4, -0.2) is 24.0 Å². The third-order valence-electron chi connectivity index (χ3n) is 5.19. The molecule has 6 nitrogen and oxygen atoms in total. The molecule has 1 aliphatic heterocycles. The van der Waals surface area contributed by atoms with Gasteiger partial charge in [0.2, 0.25) is 5.91 Å². The molecule has 1 amide bonds. The summed E-state index contributed by atoms with van der Waals surface area (Å²) in [5.74, 6) is 1.40. The first-order valence-electron chi connectivity index (χ1n) is 9.10. The van der Waals surface area contributed by atoms with E-state index < -0.39 is 0 Å². The Kier molecular flexibility index (Phi) is 4.86. The van der Waals surface area contributed by atoms with Crippen LogP contribution < -0.4 is 20.9 Å². The molecule has 0 bridgehead atoms. The zero-order valence-corrected chi connectivity index (χ0v) is 14.8. The van der Waals surface area contributed by atoms with Crippen LogP contribution in [-0.2, 0) is 4.79 Å². The lowest BCUT2D eigenvalue weighted by molar-refractivity contribution is -0.123. The third-order valence-corrected chi connectivity index (χ3v) is 5.19. The molecular weight excluding hydrogens is 328 g/mol. The lowest BCUT2D eigenvalue weighted by atomic mass is 10.00. The fraction of sp³-hybridized carbons (Fsp3) is 0.400. The maximum Gasteiger partial charge on any atom is 0.239 e. The minimum atomic E-state index is -0.243. The monoisotopic (exact) mass is 352 g/mol. The number of nitrogens with zero attached hydrogens (tertiary/aromatic N) is 1. The van der Waals surface area contributed by atoms with E-state index in [1.54, 1.807) is 19.5 Å². The smallest absolute Gasteiger partial charge is 0.239 e. The molecule has 1 aromatic heterocycles. The summed E-state index contributed by atoms with van der Waals surface area (Å²) in [6, 6.07) is 11.9. The van der Waals surface area contributed by atoms with Crippen molar-refractivity contribution < 1.29 is 9.53 Å². The highest BCUT2D eigenvalue weighted by Crippen LogP contribution is 2.41. The fourth-order valence-corrected chi connectivity index (χ4v) is 3.51. The van der Waals surface area contributed by atoms with Gasteiger partial charge < -0.3 is 10.1 Å². The van der Waals surface area contributed by atoms with Gasteiger partial charge in [-0.2, -0.15) is 0 Å². The van der Waals surface area contributed by atoms with Gasteiger partial charge in [0.05, 0.1) is 13.2 Å². The van der Waals surface area contributed by atoms with Crippen molar-refractivity contribution in [3.63, 3.8) is 0 Å². The van der Waals surface area contributed by atoms with Crippen molar-refractivity contribution in [2.45, 2.75) is 37.4 Å². The second-order valence-electron chi connectivity index (χ2n) is 7.01. The Bertz CT molecular complexity index is 746. The molecule has 1 saturated heterocycles. The van der Waals surface area contributed by atoms with Gasteiger partial charge in [0.1, 0.15) is 11.8 Å². The standard InChI is InChI=1S/C20H24N4O2/c1-26-16-6-4-15(5-7-16)19(14-2-3-14)22-20(25)18-12-17(23-24-18)13-8-10-21-11-9-13/h4-11,14,17-19,23-24H,2-3,12H2,1H3,(H,22,25). The summed E-state index contributed by atoms with van der Waals surface area (Å²) in [5, 5.41) is 3.25. The number of hydrazine groups is 1. The van der Waals surface area contributed by atoms with Crippen molar-refractivity contribution in [3.05, 3.63) is 59.9 Å². The number of hydrogen-bond donors (Lipinski definition) is 3. The highest BCUT2D eigenvalue weighted by atomic mass is 16.5. The molecule has 2 heterocycles. The first-order valence-corrected chi connectivity index (χ1v) is 9.10. The molecule has 26 heavy (non-hydrogen) atoms. The maximum atomic E-state index is 12.8. The molecule has 2 aromatic rings. The Labute approximate surface area is 153 Å². The minimum absolute atomic E-state index is 0.0433. The molecule has 3 atom stereocenters. The number of amides is 1. The van der Waals surface area contributed by atoms with E-state index in [0.29, 0.717) is 5.92 Å². The molecule has 3 unspecified atom stereocenters. The lowest BCUT2D eigenvalue weighted by Gasteiger charge is -2.21. The van der Waals surface area contributed by atoms with Gasteiger partial charge in [0, 0.05) is 18.4 Å². The predicted octanol–water partition coefficient (Wildman–Crippen LogP) is 2.27. The zero-order chi connectivity index (χ0) is 17.9. The van der Waals surface area contributed by atoms with Crippen molar-refractivity contribution in [2.24, 2.45) is 5.92 Å². The molecule has 1 aromatic carbocycles. The quantitative estimate of drug-likeness (QED) is 0.744. The second-order valence-corrected chi connectivity index (χ2v) is 7.01. The summed E-state index contributed by atoms with van der Waals surface area (Å²) in [6.45, 7) is 0. The van der Waals surface area contributed by atoms with E-state index in [1.165, 1.54) is 0 Å². The summed E-state index contributed by atoms with van der Waals surface area (Å²) in [5.41, 5.74) is 8.63. The number of nitrogens with one attached hydrogen (secondary N) is 3. The summed E-state index contributed by atoms with van der Waals surface area (Å²) in [6.07, 6.45) is 6.59. The Morgan fingerprint density at radius 3 is 2.54 bits per heavy atom. The molecule has 0 radical (unpaired) electrons. The van der Waals surface area contributed by atoms with Gasteiger partial charge in [0.15, 0.2) is 0 Å². The van der Waals surface area contributed by atoms with Crippen molar-refractivity contribution in [2.75, 3.05) is 7.11 Å². The molecule has 2 aliphatic rings. The van der Waals surface area contributed by atoms with Crippen LogP contribution in [0.15, 0.2) is 48.8 Å². The predicted molar refractivity (Wildman–Crippen MR) is 98.3 cm³/mol. The van der Waals surface area contributed by atoms with Crippen molar-refractivity contribution in [3.8, 4) is 5.75 Å². The molecular formula is C20H24N4O2. The number of hydrogen-bond acceptors (Lipinski definition) is 5. The van der Waals surface area contributed by atoms with Crippen molar-refractivity contribution in [1.82, 2.24) is 21.2 Å². The first kappa shape index (κ1) is 17.0. The van der Waals surface area contributed by atoms with Gasteiger partial charge in [-0.25, -0.2) is 10.9 Å².